The third kappa shape index (κ3) is 4.73. The van der Waals surface area contributed by atoms with E-state index in [0.29, 0.717) is 17.0 Å². The van der Waals surface area contributed by atoms with E-state index in [4.69, 9.17) is 4.42 Å². The Morgan fingerprint density at radius 1 is 0.926 bits per heavy atom. The molecule has 0 aliphatic heterocycles. The van der Waals surface area contributed by atoms with E-state index >= 15 is 0 Å². The van der Waals surface area contributed by atoms with Gasteiger partial charge in [0.2, 0.25) is 0 Å². The Bertz CT molecular complexity index is 971. The molecular formula is C22H20N2O3. The molecule has 2 aromatic carbocycles. The van der Waals surface area contributed by atoms with Crippen LogP contribution in [0.5, 0.6) is 0 Å². The van der Waals surface area contributed by atoms with Crippen LogP contribution >= 0.6 is 0 Å². The van der Waals surface area contributed by atoms with Crippen LogP contribution in [-0.2, 0) is 4.79 Å². The van der Waals surface area contributed by atoms with E-state index in [-0.39, 0.29) is 11.6 Å². The molecule has 0 saturated carbocycles. The number of aryl methyl sites for hydroxylation is 2. The Morgan fingerprint density at radius 2 is 1.67 bits per heavy atom. The first-order chi connectivity index (χ1) is 13.0. The van der Waals surface area contributed by atoms with Crippen molar-refractivity contribution in [3.8, 4) is 0 Å². The second-order valence-corrected chi connectivity index (χ2v) is 6.16. The molecule has 0 atom stereocenters. The SMILES string of the molecule is Cc1ccc(C(=O)N/C(=C\c2ccco2)C(=O)Nc2ccccc2C)cc1. The molecule has 3 rings (SSSR count). The molecule has 0 aliphatic rings. The molecule has 27 heavy (non-hydrogen) atoms. The average molecular weight is 360 g/mol. The number of nitrogens with one attached hydrogen (secondary N) is 2. The van der Waals surface area contributed by atoms with Gasteiger partial charge < -0.3 is 15.1 Å². The predicted molar refractivity (Wildman–Crippen MR) is 105 cm³/mol. The summed E-state index contributed by atoms with van der Waals surface area (Å²) in [5, 5.41) is 5.51. The number of anilines is 1. The number of benzene rings is 2. The number of carbonyl (C=O) groups is 2. The summed E-state index contributed by atoms with van der Waals surface area (Å²) in [6.07, 6.45) is 3.00. The minimum Gasteiger partial charge on any atom is -0.465 e. The minimum atomic E-state index is -0.429. The second kappa shape index (κ2) is 8.19. The van der Waals surface area contributed by atoms with Gasteiger partial charge in [-0.1, -0.05) is 35.9 Å². The number of amides is 2. The zero-order valence-electron chi connectivity index (χ0n) is 15.2. The van der Waals surface area contributed by atoms with Crippen LogP contribution in [0.3, 0.4) is 0 Å². The van der Waals surface area contributed by atoms with E-state index in [1.54, 1.807) is 30.3 Å². The van der Waals surface area contributed by atoms with Gasteiger partial charge in [-0.25, -0.2) is 0 Å². The highest BCUT2D eigenvalue weighted by atomic mass is 16.3. The summed E-state index contributed by atoms with van der Waals surface area (Å²) in [5.74, 6) is -0.331. The van der Waals surface area contributed by atoms with Crippen molar-refractivity contribution in [3.63, 3.8) is 0 Å². The monoisotopic (exact) mass is 360 g/mol. The average Bonchev–Trinajstić information content (AvgIpc) is 3.16. The highest BCUT2D eigenvalue weighted by Crippen LogP contribution is 2.15. The van der Waals surface area contributed by atoms with Crippen LogP contribution < -0.4 is 10.6 Å². The molecule has 2 N–H and O–H groups in total. The summed E-state index contributed by atoms with van der Waals surface area (Å²) in [5.41, 5.74) is 3.22. The molecule has 0 saturated heterocycles. The number of para-hydroxylation sites is 1. The molecule has 5 nitrogen and oxygen atoms in total. The zero-order chi connectivity index (χ0) is 19.2. The Kier molecular flexibility index (Phi) is 5.52. The number of hydrogen-bond donors (Lipinski definition) is 2. The van der Waals surface area contributed by atoms with Crippen molar-refractivity contribution in [2.24, 2.45) is 0 Å². The molecular weight excluding hydrogens is 340 g/mol. The Morgan fingerprint density at radius 3 is 2.33 bits per heavy atom. The zero-order valence-corrected chi connectivity index (χ0v) is 15.2. The van der Waals surface area contributed by atoms with Crippen LogP contribution in [0, 0.1) is 13.8 Å². The van der Waals surface area contributed by atoms with Gasteiger partial charge in [0.15, 0.2) is 0 Å². The lowest BCUT2D eigenvalue weighted by Crippen LogP contribution is -2.30. The minimum absolute atomic E-state index is 0.0961. The van der Waals surface area contributed by atoms with Gasteiger partial charge in [-0.05, 0) is 49.7 Å². The summed E-state index contributed by atoms with van der Waals surface area (Å²) >= 11 is 0. The summed E-state index contributed by atoms with van der Waals surface area (Å²) in [6.45, 7) is 3.84. The first-order valence-electron chi connectivity index (χ1n) is 8.53. The van der Waals surface area contributed by atoms with E-state index in [1.165, 1.54) is 12.3 Å². The quantitative estimate of drug-likeness (QED) is 0.666. The number of hydrogen-bond acceptors (Lipinski definition) is 3. The van der Waals surface area contributed by atoms with Gasteiger partial charge in [0.25, 0.3) is 11.8 Å². The number of rotatable bonds is 5. The topological polar surface area (TPSA) is 71.3 Å². The van der Waals surface area contributed by atoms with E-state index in [2.05, 4.69) is 10.6 Å². The summed E-state index contributed by atoms with van der Waals surface area (Å²) < 4.78 is 5.28. The largest absolute Gasteiger partial charge is 0.465 e. The van der Waals surface area contributed by atoms with Crippen molar-refractivity contribution in [1.29, 1.82) is 0 Å². The summed E-state index contributed by atoms with van der Waals surface area (Å²) in [7, 11) is 0. The lowest BCUT2D eigenvalue weighted by atomic mass is 10.1. The molecule has 1 aromatic heterocycles. The van der Waals surface area contributed by atoms with E-state index in [1.807, 2.05) is 44.2 Å². The van der Waals surface area contributed by atoms with Crippen molar-refractivity contribution in [3.05, 3.63) is 95.1 Å². The highest BCUT2D eigenvalue weighted by molar-refractivity contribution is 6.10. The summed E-state index contributed by atoms with van der Waals surface area (Å²) in [6, 6.07) is 18.0. The van der Waals surface area contributed by atoms with Gasteiger partial charge >= 0.3 is 0 Å². The van der Waals surface area contributed by atoms with Crippen LogP contribution in [0.25, 0.3) is 6.08 Å². The number of furan rings is 1. The van der Waals surface area contributed by atoms with Crippen molar-refractivity contribution >= 4 is 23.6 Å². The molecule has 0 bridgehead atoms. The molecule has 0 unspecified atom stereocenters. The maximum Gasteiger partial charge on any atom is 0.272 e. The van der Waals surface area contributed by atoms with Gasteiger partial charge in [0.05, 0.1) is 6.26 Å². The smallest absolute Gasteiger partial charge is 0.272 e. The van der Waals surface area contributed by atoms with E-state index in [9.17, 15) is 9.59 Å². The van der Waals surface area contributed by atoms with Crippen LogP contribution in [0.1, 0.15) is 27.2 Å². The second-order valence-electron chi connectivity index (χ2n) is 6.16. The van der Waals surface area contributed by atoms with Gasteiger partial charge in [-0.3, -0.25) is 9.59 Å². The first-order valence-corrected chi connectivity index (χ1v) is 8.53. The lowest BCUT2D eigenvalue weighted by molar-refractivity contribution is -0.113. The molecule has 0 aliphatic carbocycles. The molecule has 0 radical (unpaired) electrons. The van der Waals surface area contributed by atoms with Crippen LogP contribution in [0.2, 0.25) is 0 Å². The Balaban J connectivity index is 1.85. The molecule has 136 valence electrons. The standard InChI is InChI=1S/C22H20N2O3/c1-15-9-11-17(12-10-15)21(25)24-20(14-18-7-5-13-27-18)22(26)23-19-8-4-3-6-16(19)2/h3-14H,1-2H3,(H,23,26)(H,24,25)/b20-14-. The van der Waals surface area contributed by atoms with E-state index < -0.39 is 5.91 Å². The first kappa shape index (κ1) is 18.2. The third-order valence-corrected chi connectivity index (χ3v) is 4.03. The maximum absolute atomic E-state index is 12.8. The van der Waals surface area contributed by atoms with Gasteiger partial charge in [-0.2, -0.15) is 0 Å². The molecule has 0 fully saturated rings. The fraction of sp³-hybridized carbons (Fsp3) is 0.0909. The van der Waals surface area contributed by atoms with Crippen molar-refractivity contribution in [2.45, 2.75) is 13.8 Å². The number of carbonyl (C=O) groups excluding carboxylic acids is 2. The summed E-state index contributed by atoms with van der Waals surface area (Å²) in [4.78, 5) is 25.3. The normalized spacial score (nSPS) is 11.1. The third-order valence-electron chi connectivity index (χ3n) is 4.03. The van der Waals surface area contributed by atoms with Crippen LogP contribution in [-0.4, -0.2) is 11.8 Å². The van der Waals surface area contributed by atoms with E-state index in [0.717, 1.165) is 11.1 Å². The fourth-order valence-corrected chi connectivity index (χ4v) is 2.48. The Labute approximate surface area is 157 Å². The Hall–Kier alpha value is -3.60. The molecule has 5 heteroatoms. The van der Waals surface area contributed by atoms with Gasteiger partial charge in [0.1, 0.15) is 11.5 Å². The van der Waals surface area contributed by atoms with Gasteiger partial charge in [-0.15, -0.1) is 0 Å². The van der Waals surface area contributed by atoms with Crippen molar-refractivity contribution < 1.29 is 14.0 Å². The fourth-order valence-electron chi connectivity index (χ4n) is 2.48. The maximum atomic E-state index is 12.8. The van der Waals surface area contributed by atoms with Crippen LogP contribution in [0.15, 0.2) is 77.0 Å². The molecule has 2 amide bonds. The highest BCUT2D eigenvalue weighted by Gasteiger charge is 2.16. The van der Waals surface area contributed by atoms with Gasteiger partial charge in [0, 0.05) is 17.3 Å². The predicted octanol–water partition coefficient (Wildman–Crippen LogP) is 4.31. The molecule has 0 spiro atoms. The van der Waals surface area contributed by atoms with Crippen molar-refractivity contribution in [2.75, 3.05) is 5.32 Å². The lowest BCUT2D eigenvalue weighted by Gasteiger charge is -2.12. The van der Waals surface area contributed by atoms with Crippen molar-refractivity contribution in [1.82, 2.24) is 5.32 Å². The molecule has 3 aromatic rings. The van der Waals surface area contributed by atoms with Crippen LogP contribution in [0.4, 0.5) is 5.69 Å². The molecule has 1 heterocycles.